The fourth-order valence-corrected chi connectivity index (χ4v) is 1.48. The molecule has 1 aromatic heterocycles. The van der Waals surface area contributed by atoms with Crippen molar-refractivity contribution in [2.24, 2.45) is 0 Å². The Morgan fingerprint density at radius 2 is 2.38 bits per heavy atom. The van der Waals surface area contributed by atoms with Crippen LogP contribution in [0.4, 0.5) is 5.82 Å². The minimum atomic E-state index is -0.837. The zero-order valence-corrected chi connectivity index (χ0v) is 10.0. The van der Waals surface area contributed by atoms with Gasteiger partial charge < -0.3 is 10.1 Å². The molecule has 1 rings (SSSR count). The van der Waals surface area contributed by atoms with Gasteiger partial charge in [0.05, 0.1) is 12.7 Å². The molecule has 0 aromatic carbocycles. The molecule has 1 atom stereocenters. The van der Waals surface area contributed by atoms with Crippen LogP contribution in [-0.2, 0) is 15.5 Å². The van der Waals surface area contributed by atoms with Gasteiger partial charge >= 0.3 is 5.97 Å². The summed E-state index contributed by atoms with van der Waals surface area (Å²) >= 11 is 0. The van der Waals surface area contributed by atoms with Crippen molar-refractivity contribution >= 4 is 22.6 Å². The maximum atomic E-state index is 11.2. The van der Waals surface area contributed by atoms with Gasteiger partial charge in [-0.05, 0) is 12.1 Å². The Hall–Kier alpha value is -1.43. The smallest absolute Gasteiger partial charge is 0.338 e. The molecule has 16 heavy (non-hydrogen) atoms. The van der Waals surface area contributed by atoms with Gasteiger partial charge in [-0.25, -0.2) is 9.78 Å². The Balaban J connectivity index is 2.60. The number of nitrogens with one attached hydrogen (secondary N) is 1. The van der Waals surface area contributed by atoms with Crippen molar-refractivity contribution < 1.29 is 13.7 Å². The van der Waals surface area contributed by atoms with Crippen molar-refractivity contribution in [1.29, 1.82) is 0 Å². The number of carbonyl (C=O) groups excluding carboxylic acids is 1. The number of carbonyl (C=O) groups is 1. The average Bonchev–Trinajstić information content (AvgIpc) is 2.28. The van der Waals surface area contributed by atoms with E-state index in [1.165, 1.54) is 13.3 Å². The Kier molecular flexibility index (Phi) is 4.91. The van der Waals surface area contributed by atoms with Crippen molar-refractivity contribution in [2.75, 3.05) is 31.0 Å². The van der Waals surface area contributed by atoms with Gasteiger partial charge in [-0.3, -0.25) is 4.21 Å². The fourth-order valence-electron chi connectivity index (χ4n) is 1.09. The SMILES string of the molecule is COC(=O)c1ccnc(NCCS(C)=O)c1. The Morgan fingerprint density at radius 3 is 3.00 bits per heavy atom. The van der Waals surface area contributed by atoms with E-state index in [-0.39, 0.29) is 0 Å². The van der Waals surface area contributed by atoms with Crippen molar-refractivity contribution in [3.05, 3.63) is 23.9 Å². The minimum absolute atomic E-state index is 0.399. The molecule has 0 radical (unpaired) electrons. The van der Waals surface area contributed by atoms with Crippen LogP contribution < -0.4 is 5.32 Å². The van der Waals surface area contributed by atoms with Crippen LogP contribution in [0.15, 0.2) is 18.3 Å². The zero-order valence-electron chi connectivity index (χ0n) is 9.23. The van der Waals surface area contributed by atoms with Crippen LogP contribution in [0.2, 0.25) is 0 Å². The van der Waals surface area contributed by atoms with Gasteiger partial charge in [0.2, 0.25) is 0 Å². The van der Waals surface area contributed by atoms with E-state index in [0.29, 0.717) is 23.7 Å². The Labute approximate surface area is 96.7 Å². The second kappa shape index (κ2) is 6.22. The van der Waals surface area contributed by atoms with Crippen LogP contribution in [0.3, 0.4) is 0 Å². The van der Waals surface area contributed by atoms with E-state index in [9.17, 15) is 9.00 Å². The first-order valence-electron chi connectivity index (χ1n) is 4.71. The molecule has 1 heterocycles. The van der Waals surface area contributed by atoms with Crippen LogP contribution in [0.25, 0.3) is 0 Å². The van der Waals surface area contributed by atoms with Crippen LogP contribution in [-0.4, -0.2) is 40.8 Å². The largest absolute Gasteiger partial charge is 0.465 e. The van der Waals surface area contributed by atoms with E-state index in [0.717, 1.165) is 0 Å². The second-order valence-corrected chi connectivity index (χ2v) is 4.68. The number of anilines is 1. The summed E-state index contributed by atoms with van der Waals surface area (Å²) in [6.07, 6.45) is 3.16. The normalized spacial score (nSPS) is 11.9. The molecular formula is C10H14N2O3S. The van der Waals surface area contributed by atoms with E-state index < -0.39 is 16.8 Å². The average molecular weight is 242 g/mol. The summed E-state index contributed by atoms with van der Waals surface area (Å²) in [5.74, 6) is 0.724. The van der Waals surface area contributed by atoms with Crippen molar-refractivity contribution in [3.8, 4) is 0 Å². The zero-order chi connectivity index (χ0) is 12.0. The van der Waals surface area contributed by atoms with E-state index in [1.807, 2.05) is 0 Å². The molecule has 6 heteroatoms. The molecule has 1 unspecified atom stereocenters. The lowest BCUT2D eigenvalue weighted by molar-refractivity contribution is 0.0600. The molecule has 1 aromatic rings. The molecule has 1 N–H and O–H groups in total. The first-order valence-corrected chi connectivity index (χ1v) is 6.44. The number of hydrogen-bond acceptors (Lipinski definition) is 5. The highest BCUT2D eigenvalue weighted by molar-refractivity contribution is 7.84. The highest BCUT2D eigenvalue weighted by Gasteiger charge is 2.05. The molecule has 0 aliphatic heterocycles. The third-order valence-electron chi connectivity index (χ3n) is 1.88. The molecule has 0 saturated heterocycles. The predicted octanol–water partition coefficient (Wildman–Crippen LogP) is 0.659. The summed E-state index contributed by atoms with van der Waals surface area (Å²) in [6, 6.07) is 3.18. The quantitative estimate of drug-likeness (QED) is 0.768. The van der Waals surface area contributed by atoms with Crippen molar-refractivity contribution in [1.82, 2.24) is 4.98 Å². The maximum Gasteiger partial charge on any atom is 0.338 e. The molecule has 88 valence electrons. The number of ether oxygens (including phenoxy) is 1. The van der Waals surface area contributed by atoms with E-state index in [4.69, 9.17) is 0 Å². The van der Waals surface area contributed by atoms with Crippen LogP contribution in [0, 0.1) is 0 Å². The fraction of sp³-hybridized carbons (Fsp3) is 0.400. The first-order chi connectivity index (χ1) is 7.63. The van der Waals surface area contributed by atoms with Gasteiger partial charge in [0.15, 0.2) is 0 Å². The molecule has 0 bridgehead atoms. The van der Waals surface area contributed by atoms with E-state index >= 15 is 0 Å². The van der Waals surface area contributed by atoms with Gasteiger partial charge in [-0.15, -0.1) is 0 Å². The summed E-state index contributed by atoms with van der Waals surface area (Å²) in [6.45, 7) is 0.556. The number of aromatic nitrogens is 1. The summed E-state index contributed by atoms with van der Waals surface area (Å²) < 4.78 is 15.4. The number of rotatable bonds is 5. The molecule has 5 nitrogen and oxygen atoms in total. The monoisotopic (exact) mass is 242 g/mol. The molecule has 0 aliphatic rings. The number of esters is 1. The topological polar surface area (TPSA) is 68.3 Å². The number of pyridine rings is 1. The molecule has 0 fully saturated rings. The van der Waals surface area contributed by atoms with Gasteiger partial charge in [0.25, 0.3) is 0 Å². The Bertz CT molecular complexity index is 395. The highest BCUT2D eigenvalue weighted by Crippen LogP contribution is 2.07. The number of methoxy groups -OCH3 is 1. The van der Waals surface area contributed by atoms with E-state index in [1.54, 1.807) is 18.4 Å². The van der Waals surface area contributed by atoms with Crippen LogP contribution in [0.1, 0.15) is 10.4 Å². The Morgan fingerprint density at radius 1 is 1.62 bits per heavy atom. The standard InChI is InChI=1S/C10H14N2O3S/c1-15-10(13)8-3-4-11-9(7-8)12-5-6-16(2)14/h3-4,7H,5-6H2,1-2H3,(H,11,12). The predicted molar refractivity (Wildman–Crippen MR) is 63.0 cm³/mol. The lowest BCUT2D eigenvalue weighted by Gasteiger charge is -2.05. The van der Waals surface area contributed by atoms with Gasteiger partial charge in [-0.1, -0.05) is 0 Å². The van der Waals surface area contributed by atoms with Gasteiger partial charge in [0, 0.05) is 35.5 Å². The van der Waals surface area contributed by atoms with E-state index in [2.05, 4.69) is 15.0 Å². The molecular weight excluding hydrogens is 228 g/mol. The van der Waals surface area contributed by atoms with Crippen molar-refractivity contribution in [2.45, 2.75) is 0 Å². The van der Waals surface area contributed by atoms with Gasteiger partial charge in [-0.2, -0.15) is 0 Å². The van der Waals surface area contributed by atoms with Crippen molar-refractivity contribution in [3.63, 3.8) is 0 Å². The summed E-state index contributed by atoms with van der Waals surface area (Å²) in [5.41, 5.74) is 0.442. The van der Waals surface area contributed by atoms with Crippen LogP contribution in [0.5, 0.6) is 0 Å². The number of hydrogen-bond donors (Lipinski definition) is 1. The highest BCUT2D eigenvalue weighted by atomic mass is 32.2. The van der Waals surface area contributed by atoms with Gasteiger partial charge in [0.1, 0.15) is 5.82 Å². The first kappa shape index (κ1) is 12.6. The lowest BCUT2D eigenvalue weighted by atomic mass is 10.2. The number of nitrogens with zero attached hydrogens (tertiary/aromatic N) is 1. The minimum Gasteiger partial charge on any atom is -0.465 e. The third-order valence-corrected chi connectivity index (χ3v) is 2.66. The molecule has 0 saturated carbocycles. The van der Waals surface area contributed by atoms with Crippen LogP contribution >= 0.6 is 0 Å². The summed E-state index contributed by atoms with van der Waals surface area (Å²) in [5, 5.41) is 2.98. The summed E-state index contributed by atoms with van der Waals surface area (Å²) in [7, 11) is 0.493. The lowest BCUT2D eigenvalue weighted by Crippen LogP contribution is -2.11. The molecule has 0 spiro atoms. The third kappa shape index (κ3) is 3.98. The summed E-state index contributed by atoms with van der Waals surface area (Å²) in [4.78, 5) is 15.3. The molecule has 0 amide bonds. The maximum absolute atomic E-state index is 11.2. The second-order valence-electron chi connectivity index (χ2n) is 3.13. The molecule has 0 aliphatic carbocycles.